The maximum absolute atomic E-state index is 12.7. The molecule has 0 radical (unpaired) electrons. The number of aliphatic imine (C=N–C) groups is 1. The van der Waals surface area contributed by atoms with E-state index in [0.29, 0.717) is 21.5 Å². The van der Waals surface area contributed by atoms with Crippen LogP contribution < -0.4 is 10.1 Å². The van der Waals surface area contributed by atoms with Crippen LogP contribution in [0, 0.1) is 34.6 Å². The Kier molecular flexibility index (Phi) is 5.98. The number of amidine groups is 1. The molecule has 0 spiro atoms. The minimum atomic E-state index is -0.141. The fourth-order valence-electron chi connectivity index (χ4n) is 4.05. The number of aryl methyl sites for hydroxylation is 4. The molecule has 0 unspecified atom stereocenters. The highest BCUT2D eigenvalue weighted by molar-refractivity contribution is 8.18. The van der Waals surface area contributed by atoms with Gasteiger partial charge in [0.2, 0.25) is 0 Å². The number of rotatable bonds is 4. The zero-order valence-corrected chi connectivity index (χ0v) is 20.1. The summed E-state index contributed by atoms with van der Waals surface area (Å²) >= 11 is 1.35. The molecule has 3 aromatic rings. The molecule has 0 aliphatic carbocycles. The van der Waals surface area contributed by atoms with Crippen LogP contribution in [0.4, 0.5) is 5.69 Å². The third-order valence-electron chi connectivity index (χ3n) is 5.63. The second-order valence-electron chi connectivity index (χ2n) is 8.06. The number of hydrogen-bond donors (Lipinski definition) is 1. The smallest absolute Gasteiger partial charge is 0.264 e. The van der Waals surface area contributed by atoms with Crippen LogP contribution in [0.5, 0.6) is 5.75 Å². The van der Waals surface area contributed by atoms with Crippen molar-refractivity contribution in [1.29, 1.82) is 0 Å². The number of amides is 1. The number of para-hydroxylation sites is 1. The molecule has 0 atom stereocenters. The Morgan fingerprint density at radius 2 is 1.75 bits per heavy atom. The van der Waals surface area contributed by atoms with Gasteiger partial charge < -0.3 is 14.6 Å². The summed E-state index contributed by atoms with van der Waals surface area (Å²) in [5.41, 5.74) is 8.68. The van der Waals surface area contributed by atoms with E-state index in [-0.39, 0.29) is 5.91 Å². The molecule has 1 fully saturated rings. The van der Waals surface area contributed by atoms with Crippen molar-refractivity contribution in [3.8, 4) is 11.4 Å². The average molecular weight is 446 g/mol. The molecule has 1 N–H and O–H groups in total. The van der Waals surface area contributed by atoms with E-state index in [1.807, 2.05) is 31.2 Å². The molecule has 2 heterocycles. The molecule has 1 aromatic heterocycles. The maximum Gasteiger partial charge on any atom is 0.264 e. The van der Waals surface area contributed by atoms with Crippen LogP contribution >= 0.6 is 11.8 Å². The van der Waals surface area contributed by atoms with Crippen LogP contribution in [0.15, 0.2) is 52.4 Å². The molecule has 2 aromatic carbocycles. The summed E-state index contributed by atoms with van der Waals surface area (Å²) < 4.78 is 7.67. The van der Waals surface area contributed by atoms with Crippen molar-refractivity contribution in [2.45, 2.75) is 34.6 Å². The highest BCUT2D eigenvalue weighted by Crippen LogP contribution is 2.34. The molecule has 1 saturated heterocycles. The molecule has 1 aliphatic heterocycles. The van der Waals surface area contributed by atoms with Gasteiger partial charge in [-0.3, -0.25) is 4.79 Å². The number of ether oxygens (including phenoxy) is 1. The van der Waals surface area contributed by atoms with Crippen LogP contribution in [-0.4, -0.2) is 22.8 Å². The maximum atomic E-state index is 12.7. The predicted octanol–water partition coefficient (Wildman–Crippen LogP) is 5.92. The summed E-state index contributed by atoms with van der Waals surface area (Å²) in [5, 5.41) is 3.43. The average Bonchev–Trinajstić information content (AvgIpc) is 3.21. The number of thioether (sulfide) groups is 1. The van der Waals surface area contributed by atoms with Gasteiger partial charge in [0.25, 0.3) is 5.91 Å². The highest BCUT2D eigenvalue weighted by atomic mass is 32.2. The molecule has 1 amide bonds. The second kappa shape index (κ2) is 8.71. The highest BCUT2D eigenvalue weighted by Gasteiger charge is 2.25. The van der Waals surface area contributed by atoms with E-state index in [1.54, 1.807) is 7.11 Å². The lowest BCUT2D eigenvalue weighted by molar-refractivity contribution is -0.115. The number of carbonyl (C=O) groups excluding carboxylic acids is 1. The Bertz CT molecular complexity index is 1260. The first-order valence-electron chi connectivity index (χ1n) is 10.5. The number of hydrogen-bond acceptors (Lipinski definition) is 4. The van der Waals surface area contributed by atoms with E-state index in [9.17, 15) is 4.79 Å². The van der Waals surface area contributed by atoms with Gasteiger partial charge in [-0.15, -0.1) is 0 Å². The van der Waals surface area contributed by atoms with Crippen molar-refractivity contribution in [3.63, 3.8) is 0 Å². The van der Waals surface area contributed by atoms with Crippen molar-refractivity contribution in [3.05, 3.63) is 81.0 Å². The molecule has 0 bridgehead atoms. The topological polar surface area (TPSA) is 55.6 Å². The molecular formula is C26H27N3O2S. The Hall–Kier alpha value is -3.25. The lowest BCUT2D eigenvalue weighted by Gasteiger charge is -2.15. The number of nitrogens with zero attached hydrogens (tertiary/aromatic N) is 2. The zero-order chi connectivity index (χ0) is 23.0. The molecule has 6 heteroatoms. The SMILES string of the molecule is COc1ccc(C)cc1N=C1NC(=O)/C(=C/c2cc(C)n(-c3c(C)cccc3C)c2C)S1. The van der Waals surface area contributed by atoms with Gasteiger partial charge in [0, 0.05) is 11.4 Å². The van der Waals surface area contributed by atoms with Crippen LogP contribution in [0.3, 0.4) is 0 Å². The number of carbonyl (C=O) groups is 1. The predicted molar refractivity (Wildman–Crippen MR) is 133 cm³/mol. The van der Waals surface area contributed by atoms with Gasteiger partial charge >= 0.3 is 0 Å². The Morgan fingerprint density at radius 3 is 2.44 bits per heavy atom. The number of methoxy groups -OCH3 is 1. The lowest BCUT2D eigenvalue weighted by Crippen LogP contribution is -2.19. The normalized spacial score (nSPS) is 16.1. The van der Waals surface area contributed by atoms with Gasteiger partial charge in [0.15, 0.2) is 5.17 Å². The largest absolute Gasteiger partial charge is 0.494 e. The fourth-order valence-corrected chi connectivity index (χ4v) is 4.88. The summed E-state index contributed by atoms with van der Waals surface area (Å²) in [6, 6.07) is 14.3. The van der Waals surface area contributed by atoms with Crippen LogP contribution in [0.1, 0.15) is 33.6 Å². The second-order valence-corrected chi connectivity index (χ2v) is 9.09. The van der Waals surface area contributed by atoms with Gasteiger partial charge in [-0.2, -0.15) is 0 Å². The summed E-state index contributed by atoms with van der Waals surface area (Å²) in [4.78, 5) is 17.9. The van der Waals surface area contributed by atoms with E-state index >= 15 is 0 Å². The van der Waals surface area contributed by atoms with Crippen molar-refractivity contribution < 1.29 is 9.53 Å². The van der Waals surface area contributed by atoms with Gasteiger partial charge in [-0.05, 0) is 92.9 Å². The fraction of sp³-hybridized carbons (Fsp3) is 0.231. The van der Waals surface area contributed by atoms with Gasteiger partial charge in [-0.1, -0.05) is 24.3 Å². The van der Waals surface area contributed by atoms with Crippen LogP contribution in [0.25, 0.3) is 11.8 Å². The number of aromatic nitrogens is 1. The number of benzene rings is 2. The molecule has 0 saturated carbocycles. The van der Waals surface area contributed by atoms with E-state index < -0.39 is 0 Å². The Balaban J connectivity index is 1.69. The molecule has 4 rings (SSSR count). The first kappa shape index (κ1) is 22.0. The Morgan fingerprint density at radius 1 is 1.03 bits per heavy atom. The summed E-state index contributed by atoms with van der Waals surface area (Å²) in [6.45, 7) is 10.4. The molecule has 5 nitrogen and oxygen atoms in total. The molecule has 32 heavy (non-hydrogen) atoms. The van der Waals surface area contributed by atoms with E-state index in [4.69, 9.17) is 4.74 Å². The van der Waals surface area contributed by atoms with Crippen molar-refractivity contribution in [2.24, 2.45) is 4.99 Å². The molecule has 1 aliphatic rings. The number of nitrogens with one attached hydrogen (secondary N) is 1. The standard InChI is InChI=1S/C26H27N3O2S/c1-15-10-11-22(31-6)21(12-15)27-26-28-25(30)23(32-26)14-20-13-18(4)29(19(20)5)24-16(2)8-7-9-17(24)3/h7-14H,1-6H3,(H,27,28,30)/b23-14-. The van der Waals surface area contributed by atoms with Gasteiger partial charge in [0.05, 0.1) is 17.7 Å². The van der Waals surface area contributed by atoms with Crippen LogP contribution in [0.2, 0.25) is 0 Å². The first-order chi connectivity index (χ1) is 15.3. The third-order valence-corrected chi connectivity index (χ3v) is 6.54. The summed E-state index contributed by atoms with van der Waals surface area (Å²) in [5.74, 6) is 0.532. The van der Waals surface area contributed by atoms with Crippen molar-refractivity contribution in [1.82, 2.24) is 9.88 Å². The minimum Gasteiger partial charge on any atom is -0.494 e. The van der Waals surface area contributed by atoms with Gasteiger partial charge in [0.1, 0.15) is 11.4 Å². The molecular weight excluding hydrogens is 418 g/mol. The Labute approximate surface area is 193 Å². The van der Waals surface area contributed by atoms with Crippen LogP contribution in [-0.2, 0) is 4.79 Å². The zero-order valence-electron chi connectivity index (χ0n) is 19.2. The lowest BCUT2D eigenvalue weighted by atomic mass is 10.1. The first-order valence-corrected chi connectivity index (χ1v) is 11.3. The van der Waals surface area contributed by atoms with E-state index in [2.05, 4.69) is 66.8 Å². The van der Waals surface area contributed by atoms with Crippen molar-refractivity contribution in [2.75, 3.05) is 7.11 Å². The monoisotopic (exact) mass is 445 g/mol. The van der Waals surface area contributed by atoms with Crippen molar-refractivity contribution >= 4 is 34.6 Å². The molecule has 164 valence electrons. The van der Waals surface area contributed by atoms with E-state index in [0.717, 1.165) is 22.5 Å². The summed E-state index contributed by atoms with van der Waals surface area (Å²) in [6.07, 6.45) is 1.95. The quantitative estimate of drug-likeness (QED) is 0.507. The third kappa shape index (κ3) is 4.10. The van der Waals surface area contributed by atoms with Gasteiger partial charge in [-0.25, -0.2) is 4.99 Å². The summed E-state index contributed by atoms with van der Waals surface area (Å²) in [7, 11) is 1.62. The van der Waals surface area contributed by atoms with E-state index in [1.165, 1.54) is 28.6 Å². The minimum absolute atomic E-state index is 0.141.